The molecule has 0 aromatic heterocycles. The highest BCUT2D eigenvalue weighted by atomic mass is 16.6. The highest BCUT2D eigenvalue weighted by Crippen LogP contribution is 2.21. The number of non-ortho nitro benzene ring substituents is 1. The highest BCUT2D eigenvalue weighted by Gasteiger charge is 2.14. The number of nitro groups is 1. The van der Waals surface area contributed by atoms with E-state index in [-0.39, 0.29) is 11.6 Å². The van der Waals surface area contributed by atoms with Crippen LogP contribution in [0.5, 0.6) is 0 Å². The Kier molecular flexibility index (Phi) is 4.41. The maximum atomic E-state index is 12.4. The summed E-state index contributed by atoms with van der Waals surface area (Å²) in [4.78, 5) is 26.0. The Morgan fingerprint density at radius 2 is 1.41 bits per heavy atom. The van der Waals surface area contributed by atoms with Crippen LogP contribution in [0.2, 0.25) is 0 Å². The third kappa shape index (κ3) is 3.22. The number of carbonyl (C=O) groups excluding carboxylic acids is 1. The number of nitrogens with zero attached hydrogens (tertiary/aromatic N) is 3. The third-order valence-electron chi connectivity index (χ3n) is 3.38. The minimum atomic E-state index is -0.467. The number of benzene rings is 2. The van der Waals surface area contributed by atoms with Gasteiger partial charge in [-0.3, -0.25) is 14.9 Å². The second-order valence-corrected chi connectivity index (χ2v) is 5.08. The first-order valence-electron chi connectivity index (χ1n) is 6.70. The zero-order valence-corrected chi connectivity index (χ0v) is 12.7. The predicted octanol–water partition coefficient (Wildman–Crippen LogP) is 2.94. The smallest absolute Gasteiger partial charge is 0.269 e. The average Bonchev–Trinajstić information content (AvgIpc) is 2.53. The molecular formula is C16H17N3O3. The summed E-state index contributed by atoms with van der Waals surface area (Å²) in [6.07, 6.45) is 0. The van der Waals surface area contributed by atoms with E-state index >= 15 is 0 Å². The van der Waals surface area contributed by atoms with Crippen LogP contribution in [0.25, 0.3) is 0 Å². The molecular weight excluding hydrogens is 282 g/mol. The zero-order chi connectivity index (χ0) is 16.3. The summed E-state index contributed by atoms with van der Waals surface area (Å²) in [7, 11) is 5.50. The van der Waals surface area contributed by atoms with Crippen molar-refractivity contribution in [1.29, 1.82) is 0 Å². The van der Waals surface area contributed by atoms with Crippen LogP contribution in [-0.2, 0) is 0 Å². The lowest BCUT2D eigenvalue weighted by Gasteiger charge is -2.18. The van der Waals surface area contributed by atoms with Crippen molar-refractivity contribution >= 4 is 23.0 Å². The second-order valence-electron chi connectivity index (χ2n) is 5.08. The van der Waals surface area contributed by atoms with E-state index in [9.17, 15) is 14.9 Å². The Morgan fingerprint density at radius 1 is 0.909 bits per heavy atom. The monoisotopic (exact) mass is 299 g/mol. The Bertz CT molecular complexity index is 679. The predicted molar refractivity (Wildman–Crippen MR) is 86.6 cm³/mol. The maximum Gasteiger partial charge on any atom is 0.269 e. The van der Waals surface area contributed by atoms with E-state index in [1.54, 1.807) is 31.3 Å². The van der Waals surface area contributed by atoms with Crippen molar-refractivity contribution in [3.63, 3.8) is 0 Å². The Balaban J connectivity index is 2.19. The summed E-state index contributed by atoms with van der Waals surface area (Å²) >= 11 is 0. The molecule has 0 aliphatic rings. The Hall–Kier alpha value is -2.89. The number of anilines is 2. The molecule has 0 aliphatic carbocycles. The molecule has 0 unspecified atom stereocenters. The molecule has 0 bridgehead atoms. The fourth-order valence-electron chi connectivity index (χ4n) is 2.01. The van der Waals surface area contributed by atoms with Crippen LogP contribution >= 0.6 is 0 Å². The van der Waals surface area contributed by atoms with Gasteiger partial charge in [-0.2, -0.15) is 0 Å². The summed E-state index contributed by atoms with van der Waals surface area (Å²) in [6.45, 7) is 0. The quantitative estimate of drug-likeness (QED) is 0.643. The van der Waals surface area contributed by atoms with E-state index in [0.717, 1.165) is 5.69 Å². The van der Waals surface area contributed by atoms with E-state index in [2.05, 4.69) is 0 Å². The molecule has 0 saturated heterocycles. The van der Waals surface area contributed by atoms with Gasteiger partial charge in [0.15, 0.2) is 0 Å². The molecule has 0 saturated carbocycles. The number of nitro benzene ring substituents is 1. The van der Waals surface area contributed by atoms with E-state index in [1.165, 1.54) is 17.0 Å². The van der Waals surface area contributed by atoms with Gasteiger partial charge >= 0.3 is 0 Å². The van der Waals surface area contributed by atoms with Crippen molar-refractivity contribution in [1.82, 2.24) is 0 Å². The molecule has 114 valence electrons. The van der Waals surface area contributed by atoms with Crippen molar-refractivity contribution in [2.45, 2.75) is 0 Å². The first-order chi connectivity index (χ1) is 10.4. The molecule has 6 heteroatoms. The summed E-state index contributed by atoms with van der Waals surface area (Å²) in [5, 5.41) is 10.6. The molecule has 0 atom stereocenters. The lowest BCUT2D eigenvalue weighted by Crippen LogP contribution is -2.26. The molecule has 1 amide bonds. The van der Waals surface area contributed by atoms with Crippen LogP contribution in [-0.4, -0.2) is 32.0 Å². The van der Waals surface area contributed by atoms with E-state index < -0.39 is 4.92 Å². The first-order valence-corrected chi connectivity index (χ1v) is 6.70. The van der Waals surface area contributed by atoms with Gasteiger partial charge in [0.2, 0.25) is 0 Å². The van der Waals surface area contributed by atoms with Crippen LogP contribution in [0, 0.1) is 10.1 Å². The minimum absolute atomic E-state index is 0.0000603. The van der Waals surface area contributed by atoms with Gasteiger partial charge in [-0.15, -0.1) is 0 Å². The van der Waals surface area contributed by atoms with Gasteiger partial charge in [0.05, 0.1) is 4.92 Å². The molecule has 6 nitrogen and oxygen atoms in total. The van der Waals surface area contributed by atoms with Crippen LogP contribution in [0.3, 0.4) is 0 Å². The van der Waals surface area contributed by atoms with Gasteiger partial charge in [0, 0.05) is 50.2 Å². The van der Waals surface area contributed by atoms with Gasteiger partial charge in [-0.25, -0.2) is 0 Å². The summed E-state index contributed by atoms with van der Waals surface area (Å²) < 4.78 is 0. The van der Waals surface area contributed by atoms with E-state index in [0.29, 0.717) is 11.3 Å². The van der Waals surface area contributed by atoms with Crippen molar-refractivity contribution in [2.75, 3.05) is 30.9 Å². The van der Waals surface area contributed by atoms with Crippen LogP contribution in [0.4, 0.5) is 17.1 Å². The molecule has 0 heterocycles. The lowest BCUT2D eigenvalue weighted by molar-refractivity contribution is -0.384. The number of hydrogen-bond acceptors (Lipinski definition) is 4. The van der Waals surface area contributed by atoms with Gasteiger partial charge in [0.1, 0.15) is 0 Å². The van der Waals surface area contributed by atoms with Gasteiger partial charge in [0.25, 0.3) is 11.6 Å². The number of hydrogen-bond donors (Lipinski definition) is 0. The standard InChI is InChI=1S/C16H17N3O3/c1-17(2)13-6-4-12(5-7-13)16(20)18(3)14-8-10-15(11-9-14)19(21)22/h4-11H,1-3H3. The van der Waals surface area contributed by atoms with Gasteiger partial charge < -0.3 is 9.80 Å². The van der Waals surface area contributed by atoms with Crippen molar-refractivity contribution in [2.24, 2.45) is 0 Å². The Labute approximate surface area is 128 Å². The van der Waals surface area contributed by atoms with Crippen molar-refractivity contribution in [3.05, 3.63) is 64.2 Å². The molecule has 2 rings (SSSR count). The Morgan fingerprint density at radius 3 is 1.86 bits per heavy atom. The SMILES string of the molecule is CN(C)c1ccc(C(=O)N(C)c2ccc([N+](=O)[O-])cc2)cc1. The molecule has 0 N–H and O–H groups in total. The van der Waals surface area contributed by atoms with E-state index in [1.807, 2.05) is 31.1 Å². The number of amides is 1. The highest BCUT2D eigenvalue weighted by molar-refractivity contribution is 6.05. The fraction of sp³-hybridized carbons (Fsp3) is 0.188. The molecule has 22 heavy (non-hydrogen) atoms. The van der Waals surface area contributed by atoms with E-state index in [4.69, 9.17) is 0 Å². The summed E-state index contributed by atoms with van der Waals surface area (Å²) in [5.41, 5.74) is 2.17. The molecule has 0 radical (unpaired) electrons. The molecule has 0 fully saturated rings. The fourth-order valence-corrected chi connectivity index (χ4v) is 2.01. The molecule has 2 aromatic carbocycles. The van der Waals surface area contributed by atoms with Gasteiger partial charge in [-0.05, 0) is 36.4 Å². The molecule has 2 aromatic rings. The second kappa shape index (κ2) is 6.26. The summed E-state index contributed by atoms with van der Waals surface area (Å²) in [6, 6.07) is 13.2. The summed E-state index contributed by atoms with van der Waals surface area (Å²) in [5.74, 6) is -0.167. The zero-order valence-electron chi connectivity index (χ0n) is 12.7. The van der Waals surface area contributed by atoms with Gasteiger partial charge in [-0.1, -0.05) is 0 Å². The topological polar surface area (TPSA) is 66.7 Å². The lowest BCUT2D eigenvalue weighted by atomic mass is 10.1. The number of carbonyl (C=O) groups is 1. The minimum Gasteiger partial charge on any atom is -0.378 e. The normalized spacial score (nSPS) is 10.1. The molecule has 0 aliphatic heterocycles. The third-order valence-corrected chi connectivity index (χ3v) is 3.38. The first kappa shape index (κ1) is 15.5. The average molecular weight is 299 g/mol. The largest absolute Gasteiger partial charge is 0.378 e. The van der Waals surface area contributed by atoms with Crippen LogP contribution in [0.15, 0.2) is 48.5 Å². The van der Waals surface area contributed by atoms with Crippen molar-refractivity contribution in [3.8, 4) is 0 Å². The maximum absolute atomic E-state index is 12.4. The number of rotatable bonds is 4. The molecule has 0 spiro atoms. The van der Waals surface area contributed by atoms with Crippen LogP contribution in [0.1, 0.15) is 10.4 Å². The van der Waals surface area contributed by atoms with Crippen molar-refractivity contribution < 1.29 is 9.72 Å². The van der Waals surface area contributed by atoms with Crippen LogP contribution < -0.4 is 9.80 Å².